The minimum absolute atomic E-state index is 0.0842. The first kappa shape index (κ1) is 25.9. The molecule has 3 aromatic rings. The molecule has 39 heavy (non-hydrogen) atoms. The van der Waals surface area contributed by atoms with Gasteiger partial charge in [0.05, 0.1) is 17.7 Å². The molecule has 200 valence electrons. The van der Waals surface area contributed by atoms with Crippen molar-refractivity contribution >= 4 is 29.2 Å². The van der Waals surface area contributed by atoms with E-state index in [9.17, 15) is 24.0 Å². The van der Waals surface area contributed by atoms with Crippen LogP contribution in [0.15, 0.2) is 75.8 Å². The smallest absolute Gasteiger partial charge is 0.330 e. The van der Waals surface area contributed by atoms with Gasteiger partial charge in [0.25, 0.3) is 17.4 Å². The molecule has 10 heteroatoms. The molecule has 0 spiro atoms. The number of carbonyl (C=O) groups excluding carboxylic acids is 3. The number of anilines is 2. The molecule has 0 atom stereocenters. The molecule has 0 radical (unpaired) electrons. The predicted octanol–water partition coefficient (Wildman–Crippen LogP) is 2.69. The fraction of sp³-hybridized carbons (Fsp3) is 0.276. The van der Waals surface area contributed by atoms with Crippen LogP contribution < -0.4 is 21.9 Å². The largest absolute Gasteiger partial charge is 0.383 e. The van der Waals surface area contributed by atoms with Crippen LogP contribution in [0.5, 0.6) is 0 Å². The van der Waals surface area contributed by atoms with Crippen molar-refractivity contribution in [2.45, 2.75) is 38.6 Å². The minimum Gasteiger partial charge on any atom is -0.383 e. The third kappa shape index (κ3) is 5.18. The molecule has 0 fully saturated rings. The van der Waals surface area contributed by atoms with Crippen molar-refractivity contribution in [3.05, 3.63) is 104 Å². The second-order valence-corrected chi connectivity index (χ2v) is 9.71. The van der Waals surface area contributed by atoms with Crippen molar-refractivity contribution in [1.82, 2.24) is 14.5 Å². The van der Waals surface area contributed by atoms with Gasteiger partial charge in [-0.2, -0.15) is 0 Å². The summed E-state index contributed by atoms with van der Waals surface area (Å²) in [5.41, 5.74) is 7.10. The molecule has 1 aliphatic carbocycles. The number of aromatic nitrogens is 2. The maximum atomic E-state index is 13.7. The monoisotopic (exact) mass is 527 g/mol. The Bertz CT molecular complexity index is 1550. The predicted molar refractivity (Wildman–Crippen MR) is 147 cm³/mol. The molecule has 2 aliphatic rings. The Morgan fingerprint density at radius 1 is 0.923 bits per heavy atom. The van der Waals surface area contributed by atoms with Gasteiger partial charge in [-0.15, -0.1) is 0 Å². The average molecular weight is 528 g/mol. The fourth-order valence-electron chi connectivity index (χ4n) is 5.11. The van der Waals surface area contributed by atoms with Crippen LogP contribution in [-0.4, -0.2) is 45.3 Å². The molecule has 0 saturated carbocycles. The lowest BCUT2D eigenvalue weighted by molar-refractivity contribution is -0.119. The Balaban J connectivity index is 1.50. The summed E-state index contributed by atoms with van der Waals surface area (Å²) in [7, 11) is 0. The molecule has 2 aromatic carbocycles. The number of aromatic amines is 1. The van der Waals surface area contributed by atoms with E-state index in [1.807, 2.05) is 30.3 Å². The van der Waals surface area contributed by atoms with Gasteiger partial charge in [-0.3, -0.25) is 33.6 Å². The maximum Gasteiger partial charge on any atom is 0.330 e. The Morgan fingerprint density at radius 2 is 1.59 bits per heavy atom. The van der Waals surface area contributed by atoms with Crippen LogP contribution in [0.1, 0.15) is 58.4 Å². The summed E-state index contributed by atoms with van der Waals surface area (Å²) in [6, 6.07) is 15.5. The first-order valence-electron chi connectivity index (χ1n) is 12.9. The van der Waals surface area contributed by atoms with Crippen LogP contribution in [-0.2, 0) is 11.3 Å². The summed E-state index contributed by atoms with van der Waals surface area (Å²) in [5.74, 6) is -1.96. The van der Waals surface area contributed by atoms with E-state index >= 15 is 0 Å². The van der Waals surface area contributed by atoms with Crippen molar-refractivity contribution < 1.29 is 14.4 Å². The highest BCUT2D eigenvalue weighted by molar-refractivity contribution is 6.22. The quantitative estimate of drug-likeness (QED) is 0.341. The summed E-state index contributed by atoms with van der Waals surface area (Å²) in [5, 5.41) is 0. The molecule has 0 bridgehead atoms. The molecule has 5 rings (SSSR count). The molecule has 0 saturated heterocycles. The van der Waals surface area contributed by atoms with Crippen molar-refractivity contribution in [2.24, 2.45) is 0 Å². The van der Waals surface area contributed by atoms with E-state index in [0.717, 1.165) is 41.7 Å². The molecule has 3 amide bonds. The van der Waals surface area contributed by atoms with E-state index in [0.29, 0.717) is 6.42 Å². The summed E-state index contributed by atoms with van der Waals surface area (Å²) < 4.78 is 1.20. The Morgan fingerprint density at radius 3 is 2.23 bits per heavy atom. The zero-order chi connectivity index (χ0) is 27.5. The van der Waals surface area contributed by atoms with Gasteiger partial charge in [0.1, 0.15) is 12.4 Å². The Hall–Kier alpha value is -4.73. The van der Waals surface area contributed by atoms with Gasteiger partial charge in [0, 0.05) is 6.54 Å². The number of imide groups is 1. The summed E-state index contributed by atoms with van der Waals surface area (Å²) >= 11 is 0. The van der Waals surface area contributed by atoms with Gasteiger partial charge in [-0.1, -0.05) is 54.1 Å². The number of hydrogen-bond acceptors (Lipinski definition) is 6. The molecule has 2 heterocycles. The number of allylic oxidation sites excluding steroid dienone is 1. The molecule has 1 aliphatic heterocycles. The summed E-state index contributed by atoms with van der Waals surface area (Å²) in [6.07, 6.45) is 6.61. The van der Waals surface area contributed by atoms with E-state index in [1.54, 1.807) is 12.1 Å². The molecule has 10 nitrogen and oxygen atoms in total. The first-order chi connectivity index (χ1) is 18.8. The van der Waals surface area contributed by atoms with Crippen LogP contribution in [0.3, 0.4) is 0 Å². The molecule has 0 unspecified atom stereocenters. The SMILES string of the molecule is Nc1c(N(CCC2=CCCCC2)C(=O)CN2C(=O)c3ccccc3C2=O)c(=O)[nH]c(=O)n1Cc1ccccc1. The van der Waals surface area contributed by atoms with Crippen LogP contribution in [0.4, 0.5) is 11.5 Å². The second-order valence-electron chi connectivity index (χ2n) is 9.71. The van der Waals surface area contributed by atoms with E-state index in [-0.39, 0.29) is 35.7 Å². The van der Waals surface area contributed by atoms with Gasteiger partial charge in [-0.05, 0) is 49.8 Å². The maximum absolute atomic E-state index is 13.7. The van der Waals surface area contributed by atoms with E-state index < -0.39 is 35.5 Å². The number of nitrogens with zero attached hydrogens (tertiary/aromatic N) is 3. The van der Waals surface area contributed by atoms with Gasteiger partial charge >= 0.3 is 5.69 Å². The fourth-order valence-corrected chi connectivity index (χ4v) is 5.11. The number of nitrogen functional groups attached to an aromatic ring is 1. The average Bonchev–Trinajstić information content (AvgIpc) is 3.18. The highest BCUT2D eigenvalue weighted by atomic mass is 16.2. The van der Waals surface area contributed by atoms with Crippen LogP contribution >= 0.6 is 0 Å². The van der Waals surface area contributed by atoms with Crippen LogP contribution in [0.25, 0.3) is 0 Å². The molecular weight excluding hydrogens is 498 g/mol. The Kier molecular flexibility index (Phi) is 7.27. The van der Waals surface area contributed by atoms with E-state index in [2.05, 4.69) is 11.1 Å². The van der Waals surface area contributed by atoms with Gasteiger partial charge < -0.3 is 10.6 Å². The van der Waals surface area contributed by atoms with Crippen molar-refractivity contribution in [3.8, 4) is 0 Å². The molecule has 3 N–H and O–H groups in total. The number of nitrogens with two attached hydrogens (primary N) is 1. The zero-order valence-corrected chi connectivity index (χ0v) is 21.4. The lowest BCUT2D eigenvalue weighted by Gasteiger charge is -2.27. The standard InChI is InChI=1S/C29H29N5O5/c30-25-24(26(36)31-29(39)33(25)17-20-11-5-2-6-12-20)32(16-15-19-9-3-1-4-10-19)23(35)18-34-27(37)21-13-7-8-14-22(21)28(34)38/h2,5-9,11-14H,1,3-4,10,15-18,30H2,(H,31,36,39). The van der Waals surface area contributed by atoms with Gasteiger partial charge in [0.15, 0.2) is 5.69 Å². The summed E-state index contributed by atoms with van der Waals surface area (Å²) in [6.45, 7) is -0.381. The van der Waals surface area contributed by atoms with Crippen LogP contribution in [0.2, 0.25) is 0 Å². The van der Waals surface area contributed by atoms with Crippen molar-refractivity contribution in [1.29, 1.82) is 0 Å². The second kappa shape index (κ2) is 10.9. The normalized spacial score (nSPS) is 14.8. The lowest BCUT2D eigenvalue weighted by atomic mass is 9.97. The highest BCUT2D eigenvalue weighted by Crippen LogP contribution is 2.26. The Labute approximate surface area is 224 Å². The van der Waals surface area contributed by atoms with E-state index in [4.69, 9.17) is 5.73 Å². The number of amides is 3. The third-order valence-corrected chi connectivity index (χ3v) is 7.18. The molecule has 1 aromatic heterocycles. The number of H-pyrrole nitrogens is 1. The van der Waals surface area contributed by atoms with Gasteiger partial charge in [-0.25, -0.2) is 4.79 Å². The number of nitrogens with one attached hydrogen (secondary N) is 1. The lowest BCUT2D eigenvalue weighted by Crippen LogP contribution is -2.47. The van der Waals surface area contributed by atoms with E-state index in [1.165, 1.54) is 21.6 Å². The number of hydrogen-bond donors (Lipinski definition) is 2. The number of benzene rings is 2. The number of carbonyl (C=O) groups is 3. The van der Waals surface area contributed by atoms with Crippen molar-refractivity contribution in [3.63, 3.8) is 0 Å². The highest BCUT2D eigenvalue weighted by Gasteiger charge is 2.38. The number of rotatable bonds is 8. The first-order valence-corrected chi connectivity index (χ1v) is 12.9. The third-order valence-electron chi connectivity index (χ3n) is 7.18. The van der Waals surface area contributed by atoms with Crippen molar-refractivity contribution in [2.75, 3.05) is 23.7 Å². The summed E-state index contributed by atoms with van der Waals surface area (Å²) in [4.78, 5) is 69.8. The van der Waals surface area contributed by atoms with Crippen LogP contribution in [0, 0.1) is 0 Å². The topological polar surface area (TPSA) is 139 Å². The number of fused-ring (bicyclic) bond motifs is 1. The molecular formula is C29H29N5O5. The zero-order valence-electron chi connectivity index (χ0n) is 21.4. The minimum atomic E-state index is -0.810. The van der Waals surface area contributed by atoms with Gasteiger partial charge in [0.2, 0.25) is 5.91 Å².